The zero-order valence-corrected chi connectivity index (χ0v) is 17.6. The molecule has 0 bridgehead atoms. The Labute approximate surface area is 185 Å². The maximum Gasteiger partial charge on any atom is 0.254 e. The van der Waals surface area contributed by atoms with Crippen LogP contribution in [0.5, 0.6) is 0 Å². The predicted octanol–water partition coefficient (Wildman–Crippen LogP) is 4.97. The van der Waals surface area contributed by atoms with E-state index in [1.54, 1.807) is 4.68 Å². The summed E-state index contributed by atoms with van der Waals surface area (Å²) in [5, 5.41) is 5.27. The Morgan fingerprint density at radius 1 is 0.935 bits per heavy atom. The van der Waals surface area contributed by atoms with Gasteiger partial charge in [0.2, 0.25) is 0 Å². The van der Waals surface area contributed by atoms with Crippen LogP contribution >= 0.6 is 11.6 Å². The fraction of sp³-hybridized carbons (Fsp3) is 0.120. The molecule has 6 heteroatoms. The first kappa shape index (κ1) is 19.4. The minimum atomic E-state index is 0.0362. The van der Waals surface area contributed by atoms with Gasteiger partial charge in [0.1, 0.15) is 5.82 Å². The molecule has 0 spiro atoms. The zero-order chi connectivity index (χ0) is 21.4. The van der Waals surface area contributed by atoms with Crippen molar-refractivity contribution in [3.63, 3.8) is 0 Å². The number of carbonyl (C=O) groups is 1. The van der Waals surface area contributed by atoms with Crippen molar-refractivity contribution in [2.24, 2.45) is 0 Å². The summed E-state index contributed by atoms with van der Waals surface area (Å²) in [6.07, 6.45) is 0.885. The molecule has 0 radical (unpaired) electrons. The lowest BCUT2D eigenvalue weighted by Gasteiger charge is -2.29. The zero-order valence-electron chi connectivity index (χ0n) is 16.8. The minimum absolute atomic E-state index is 0.0362. The molecule has 2 N–H and O–H groups in total. The Hall–Kier alpha value is -3.57. The molecule has 2 heterocycles. The summed E-state index contributed by atoms with van der Waals surface area (Å²) < 4.78 is 1.67. The molecule has 1 amide bonds. The van der Waals surface area contributed by atoms with Gasteiger partial charge < -0.3 is 10.6 Å². The molecule has 4 aromatic rings. The second kappa shape index (κ2) is 7.93. The van der Waals surface area contributed by atoms with Gasteiger partial charge in [-0.05, 0) is 53.9 Å². The number of hydrogen-bond donors (Lipinski definition) is 1. The highest BCUT2D eigenvalue weighted by molar-refractivity contribution is 6.30. The molecular weight excluding hydrogens is 408 g/mol. The summed E-state index contributed by atoms with van der Waals surface area (Å²) in [7, 11) is 0. The molecule has 0 saturated carbocycles. The van der Waals surface area contributed by atoms with Gasteiger partial charge in [0, 0.05) is 35.3 Å². The van der Waals surface area contributed by atoms with Gasteiger partial charge in [-0.2, -0.15) is 5.10 Å². The summed E-state index contributed by atoms with van der Waals surface area (Å²) >= 11 is 6.10. The van der Waals surface area contributed by atoms with Crippen molar-refractivity contribution in [1.29, 1.82) is 0 Å². The fourth-order valence-electron chi connectivity index (χ4n) is 3.99. The number of nitrogens with two attached hydrogens (primary N) is 1. The summed E-state index contributed by atoms with van der Waals surface area (Å²) in [5.41, 5.74) is 11.8. The van der Waals surface area contributed by atoms with Crippen LogP contribution in [0.4, 0.5) is 5.82 Å². The lowest BCUT2D eigenvalue weighted by molar-refractivity contribution is 0.0734. The third-order valence-electron chi connectivity index (χ3n) is 5.63. The highest BCUT2D eigenvalue weighted by atomic mass is 35.5. The van der Waals surface area contributed by atoms with Crippen molar-refractivity contribution < 1.29 is 4.79 Å². The van der Waals surface area contributed by atoms with Crippen molar-refractivity contribution in [1.82, 2.24) is 14.7 Å². The molecule has 0 fully saturated rings. The third kappa shape index (κ3) is 3.80. The van der Waals surface area contributed by atoms with E-state index in [-0.39, 0.29) is 5.91 Å². The molecule has 5 rings (SSSR count). The van der Waals surface area contributed by atoms with E-state index in [1.165, 1.54) is 11.1 Å². The smallest absolute Gasteiger partial charge is 0.254 e. The summed E-state index contributed by atoms with van der Waals surface area (Å²) in [6.45, 7) is 1.37. The Kier molecular flexibility index (Phi) is 4.96. The largest absolute Gasteiger partial charge is 0.384 e. The Morgan fingerprint density at radius 2 is 1.71 bits per heavy atom. The van der Waals surface area contributed by atoms with Crippen LogP contribution in [0.3, 0.4) is 0 Å². The number of aromatic nitrogens is 2. The number of nitrogen functional groups attached to an aromatic ring is 1. The van der Waals surface area contributed by atoms with Gasteiger partial charge in [0.25, 0.3) is 5.91 Å². The molecule has 0 unspecified atom stereocenters. The minimum Gasteiger partial charge on any atom is -0.384 e. The monoisotopic (exact) mass is 428 g/mol. The third-order valence-corrected chi connectivity index (χ3v) is 5.87. The van der Waals surface area contributed by atoms with Gasteiger partial charge >= 0.3 is 0 Å². The van der Waals surface area contributed by atoms with Gasteiger partial charge in [0.15, 0.2) is 0 Å². The van der Waals surface area contributed by atoms with Crippen LogP contribution in [0.15, 0.2) is 78.9 Å². The van der Waals surface area contributed by atoms with Crippen LogP contribution in [0, 0.1) is 0 Å². The highest BCUT2D eigenvalue weighted by Gasteiger charge is 2.21. The van der Waals surface area contributed by atoms with Crippen LogP contribution in [-0.4, -0.2) is 27.1 Å². The van der Waals surface area contributed by atoms with Crippen molar-refractivity contribution >= 4 is 23.3 Å². The molecule has 0 saturated heterocycles. The van der Waals surface area contributed by atoms with Gasteiger partial charge in [-0.15, -0.1) is 0 Å². The van der Waals surface area contributed by atoms with E-state index in [4.69, 9.17) is 17.3 Å². The van der Waals surface area contributed by atoms with Gasteiger partial charge in [-0.25, -0.2) is 4.68 Å². The van der Waals surface area contributed by atoms with Gasteiger partial charge in [-0.1, -0.05) is 48.0 Å². The second-order valence-corrected chi connectivity index (χ2v) is 8.11. The van der Waals surface area contributed by atoms with E-state index < -0.39 is 0 Å². The van der Waals surface area contributed by atoms with Crippen molar-refractivity contribution in [2.75, 3.05) is 12.3 Å². The molecule has 5 nitrogen and oxygen atoms in total. The van der Waals surface area contributed by atoms with Crippen LogP contribution in [0.25, 0.3) is 16.9 Å². The maximum atomic E-state index is 13.0. The van der Waals surface area contributed by atoms with Crippen molar-refractivity contribution in [3.8, 4) is 16.9 Å². The number of anilines is 1. The van der Waals surface area contributed by atoms with E-state index in [0.29, 0.717) is 22.9 Å². The second-order valence-electron chi connectivity index (χ2n) is 7.67. The van der Waals surface area contributed by atoms with E-state index in [0.717, 1.165) is 29.9 Å². The fourth-order valence-corrected chi connectivity index (χ4v) is 4.18. The van der Waals surface area contributed by atoms with Crippen molar-refractivity contribution in [2.45, 2.75) is 13.0 Å². The normalized spacial score (nSPS) is 13.1. The van der Waals surface area contributed by atoms with Crippen molar-refractivity contribution in [3.05, 3.63) is 101 Å². The van der Waals surface area contributed by atoms with E-state index >= 15 is 0 Å². The summed E-state index contributed by atoms with van der Waals surface area (Å²) in [4.78, 5) is 14.9. The number of fused-ring (bicyclic) bond motifs is 1. The first-order valence-electron chi connectivity index (χ1n) is 10.2. The molecule has 31 heavy (non-hydrogen) atoms. The van der Waals surface area contributed by atoms with E-state index in [2.05, 4.69) is 17.2 Å². The molecule has 0 atom stereocenters. The Bertz CT molecular complexity index is 1260. The first-order valence-corrected chi connectivity index (χ1v) is 10.5. The average Bonchev–Trinajstić information content (AvgIpc) is 3.20. The number of rotatable bonds is 3. The lowest BCUT2D eigenvalue weighted by atomic mass is 9.99. The number of nitrogens with zero attached hydrogens (tertiary/aromatic N) is 3. The van der Waals surface area contributed by atoms with E-state index in [9.17, 15) is 4.79 Å². The van der Waals surface area contributed by atoms with Crippen LogP contribution in [0.2, 0.25) is 5.02 Å². The average molecular weight is 429 g/mol. The standard InChI is InChI=1S/C25H21ClN4O/c26-21-7-3-6-19(14-21)23-15-24(27)30(28-23)22-10-8-18(9-11-22)25(31)29-13-12-17-4-1-2-5-20(17)16-29/h1-11,14-15H,12-13,16,27H2. The Morgan fingerprint density at radius 3 is 2.48 bits per heavy atom. The summed E-state index contributed by atoms with van der Waals surface area (Å²) in [5.74, 6) is 0.552. The quantitative estimate of drug-likeness (QED) is 0.500. The van der Waals surface area contributed by atoms with Gasteiger partial charge in [0.05, 0.1) is 11.4 Å². The highest BCUT2D eigenvalue weighted by Crippen LogP contribution is 2.26. The number of amides is 1. The Balaban J connectivity index is 1.37. The first-order chi connectivity index (χ1) is 15.1. The van der Waals surface area contributed by atoms with Crippen LogP contribution < -0.4 is 5.73 Å². The van der Waals surface area contributed by atoms with E-state index in [1.807, 2.05) is 71.6 Å². The maximum absolute atomic E-state index is 13.0. The van der Waals surface area contributed by atoms with Crippen LogP contribution in [0.1, 0.15) is 21.5 Å². The summed E-state index contributed by atoms with van der Waals surface area (Å²) in [6, 6.07) is 25.0. The molecular formula is C25H21ClN4O. The number of halogens is 1. The molecule has 1 aliphatic heterocycles. The number of hydrogen-bond acceptors (Lipinski definition) is 3. The number of carbonyl (C=O) groups excluding carboxylic acids is 1. The molecule has 3 aromatic carbocycles. The van der Waals surface area contributed by atoms with Gasteiger partial charge in [-0.3, -0.25) is 4.79 Å². The lowest BCUT2D eigenvalue weighted by Crippen LogP contribution is -2.35. The molecule has 0 aliphatic carbocycles. The topological polar surface area (TPSA) is 64.1 Å². The molecule has 154 valence electrons. The molecule has 1 aliphatic rings. The SMILES string of the molecule is Nc1cc(-c2cccc(Cl)c2)nn1-c1ccc(C(=O)N2CCc3ccccc3C2)cc1. The van der Waals surface area contributed by atoms with Crippen LogP contribution in [-0.2, 0) is 13.0 Å². The predicted molar refractivity (Wildman–Crippen MR) is 123 cm³/mol. The molecule has 1 aromatic heterocycles. The number of benzene rings is 3.